The first kappa shape index (κ1) is 16.6. The van der Waals surface area contributed by atoms with Gasteiger partial charge in [0.15, 0.2) is 6.61 Å². The number of oxime groups is 1. The fourth-order valence-electron chi connectivity index (χ4n) is 2.12. The average molecular weight is 333 g/mol. The number of rotatable bonds is 8. The lowest BCUT2D eigenvalue weighted by Crippen LogP contribution is -2.04. The second-order valence-corrected chi connectivity index (χ2v) is 5.21. The topological polar surface area (TPSA) is 40.0 Å². The van der Waals surface area contributed by atoms with Crippen molar-refractivity contribution in [1.29, 1.82) is 0 Å². The van der Waals surface area contributed by atoms with Gasteiger partial charge in [0.1, 0.15) is 23.9 Å². The summed E-state index contributed by atoms with van der Waals surface area (Å²) in [6.45, 7) is 0.802. The predicted octanol–water partition coefficient (Wildman–Crippen LogP) is 4.91. The van der Waals surface area contributed by atoms with Crippen LogP contribution in [0.1, 0.15) is 5.56 Å². The van der Waals surface area contributed by atoms with E-state index >= 15 is 0 Å². The minimum atomic E-state index is 0.381. The molecule has 4 heteroatoms. The average Bonchev–Trinajstić information content (AvgIpc) is 2.67. The molecule has 0 unspecified atom stereocenters. The van der Waals surface area contributed by atoms with Gasteiger partial charge >= 0.3 is 0 Å². The standard InChI is InChI=1S/C21H19NO3/c1-3-7-18(8-4-1)17-22-24-16-15-23-19-11-13-21(14-12-19)25-20-9-5-2-6-10-20/h1-14,17H,15-16H2. The van der Waals surface area contributed by atoms with E-state index in [9.17, 15) is 0 Å². The van der Waals surface area contributed by atoms with Crippen molar-refractivity contribution in [2.75, 3.05) is 13.2 Å². The minimum absolute atomic E-state index is 0.381. The molecule has 0 amide bonds. The Morgan fingerprint density at radius 2 is 1.24 bits per heavy atom. The Morgan fingerprint density at radius 1 is 0.640 bits per heavy atom. The summed E-state index contributed by atoms with van der Waals surface area (Å²) < 4.78 is 11.3. The molecule has 0 saturated heterocycles. The third-order valence-electron chi connectivity index (χ3n) is 3.32. The first-order valence-electron chi connectivity index (χ1n) is 8.06. The summed E-state index contributed by atoms with van der Waals surface area (Å²) in [7, 11) is 0. The van der Waals surface area contributed by atoms with Crippen molar-refractivity contribution in [2.45, 2.75) is 0 Å². The van der Waals surface area contributed by atoms with Crippen molar-refractivity contribution in [2.24, 2.45) is 5.16 Å². The Bertz CT molecular complexity index is 771. The molecule has 0 aliphatic carbocycles. The smallest absolute Gasteiger partial charge is 0.151 e. The Morgan fingerprint density at radius 3 is 1.96 bits per heavy atom. The summed E-state index contributed by atoms with van der Waals surface area (Å²) in [6.07, 6.45) is 1.68. The van der Waals surface area contributed by atoms with Gasteiger partial charge in [-0.15, -0.1) is 0 Å². The Hall–Kier alpha value is -3.27. The van der Waals surface area contributed by atoms with Gasteiger partial charge in [-0.1, -0.05) is 53.7 Å². The molecule has 4 nitrogen and oxygen atoms in total. The number of para-hydroxylation sites is 1. The third-order valence-corrected chi connectivity index (χ3v) is 3.32. The molecule has 0 aliphatic heterocycles. The molecule has 0 radical (unpaired) electrons. The van der Waals surface area contributed by atoms with Crippen LogP contribution in [0.5, 0.6) is 17.2 Å². The van der Waals surface area contributed by atoms with Gasteiger partial charge in [-0.3, -0.25) is 0 Å². The zero-order chi connectivity index (χ0) is 17.2. The van der Waals surface area contributed by atoms with Gasteiger partial charge in [-0.05, 0) is 42.0 Å². The maximum absolute atomic E-state index is 5.73. The van der Waals surface area contributed by atoms with Crippen LogP contribution < -0.4 is 9.47 Å². The van der Waals surface area contributed by atoms with Gasteiger partial charge in [-0.25, -0.2) is 0 Å². The second kappa shape index (κ2) is 9.13. The van der Waals surface area contributed by atoms with Crippen LogP contribution in [-0.2, 0) is 4.84 Å². The van der Waals surface area contributed by atoms with E-state index in [1.54, 1.807) is 6.21 Å². The van der Waals surface area contributed by atoms with E-state index in [0.29, 0.717) is 13.2 Å². The summed E-state index contributed by atoms with van der Waals surface area (Å²) in [6, 6.07) is 26.9. The van der Waals surface area contributed by atoms with Gasteiger partial charge < -0.3 is 14.3 Å². The van der Waals surface area contributed by atoms with Gasteiger partial charge in [0.25, 0.3) is 0 Å². The van der Waals surface area contributed by atoms with Crippen LogP contribution in [0, 0.1) is 0 Å². The molecule has 25 heavy (non-hydrogen) atoms. The van der Waals surface area contributed by atoms with E-state index in [-0.39, 0.29) is 0 Å². The van der Waals surface area contributed by atoms with Crippen LogP contribution in [0.3, 0.4) is 0 Å². The highest BCUT2D eigenvalue weighted by Crippen LogP contribution is 2.23. The molecule has 3 aromatic rings. The van der Waals surface area contributed by atoms with Crippen LogP contribution in [0.4, 0.5) is 0 Å². The molecule has 0 N–H and O–H groups in total. The first-order valence-corrected chi connectivity index (χ1v) is 8.06. The lowest BCUT2D eigenvalue weighted by molar-refractivity contribution is 0.108. The van der Waals surface area contributed by atoms with Crippen LogP contribution in [0.15, 0.2) is 90.1 Å². The summed E-state index contributed by atoms with van der Waals surface area (Å²) in [5, 5.41) is 3.91. The third kappa shape index (κ3) is 5.70. The number of benzene rings is 3. The fraction of sp³-hybridized carbons (Fsp3) is 0.0952. The van der Waals surface area contributed by atoms with Crippen LogP contribution >= 0.6 is 0 Å². The van der Waals surface area contributed by atoms with Gasteiger partial charge in [-0.2, -0.15) is 0 Å². The Kier molecular flexibility index (Phi) is 6.06. The van der Waals surface area contributed by atoms with Crippen molar-refractivity contribution in [3.8, 4) is 17.2 Å². The number of hydrogen-bond donors (Lipinski definition) is 0. The molecular formula is C21H19NO3. The highest BCUT2D eigenvalue weighted by Gasteiger charge is 1.98. The maximum atomic E-state index is 5.73. The molecule has 0 heterocycles. The maximum Gasteiger partial charge on any atom is 0.151 e. The van der Waals surface area contributed by atoms with E-state index in [2.05, 4.69) is 5.16 Å². The summed E-state index contributed by atoms with van der Waals surface area (Å²) in [4.78, 5) is 5.18. The molecule has 0 saturated carbocycles. The SMILES string of the molecule is C(=NOCCOc1ccc(Oc2ccccc2)cc1)c1ccccc1. The van der Waals surface area contributed by atoms with E-state index < -0.39 is 0 Å². The van der Waals surface area contributed by atoms with Gasteiger partial charge in [0, 0.05) is 0 Å². The van der Waals surface area contributed by atoms with Crippen molar-refractivity contribution >= 4 is 6.21 Å². The zero-order valence-corrected chi connectivity index (χ0v) is 13.7. The lowest BCUT2D eigenvalue weighted by Gasteiger charge is -2.08. The largest absolute Gasteiger partial charge is 0.490 e. The van der Waals surface area contributed by atoms with Crippen molar-refractivity contribution < 1.29 is 14.3 Å². The number of ether oxygens (including phenoxy) is 2. The lowest BCUT2D eigenvalue weighted by atomic mass is 10.2. The molecule has 0 atom stereocenters. The Labute approximate surface area is 147 Å². The molecule has 3 aromatic carbocycles. The molecule has 0 aliphatic rings. The molecule has 3 rings (SSSR count). The molecule has 126 valence electrons. The summed E-state index contributed by atoms with van der Waals surface area (Å²) in [5.41, 5.74) is 0.998. The highest BCUT2D eigenvalue weighted by atomic mass is 16.6. The van der Waals surface area contributed by atoms with Crippen molar-refractivity contribution in [3.05, 3.63) is 90.5 Å². The first-order chi connectivity index (χ1) is 12.4. The van der Waals surface area contributed by atoms with Crippen LogP contribution in [0.25, 0.3) is 0 Å². The quantitative estimate of drug-likeness (QED) is 0.334. The fourth-order valence-corrected chi connectivity index (χ4v) is 2.12. The van der Waals surface area contributed by atoms with Crippen LogP contribution in [-0.4, -0.2) is 19.4 Å². The minimum Gasteiger partial charge on any atom is -0.490 e. The predicted molar refractivity (Wildman–Crippen MR) is 98.4 cm³/mol. The molecule has 0 spiro atoms. The van der Waals surface area contributed by atoms with Crippen LogP contribution in [0.2, 0.25) is 0 Å². The van der Waals surface area contributed by atoms with Gasteiger partial charge in [0.2, 0.25) is 0 Å². The summed E-state index contributed by atoms with van der Waals surface area (Å²) in [5.74, 6) is 2.33. The second-order valence-electron chi connectivity index (χ2n) is 5.21. The van der Waals surface area contributed by atoms with E-state index in [1.807, 2.05) is 84.9 Å². The normalized spacial score (nSPS) is 10.6. The van der Waals surface area contributed by atoms with E-state index in [0.717, 1.165) is 22.8 Å². The molecule has 0 bridgehead atoms. The number of hydrogen-bond acceptors (Lipinski definition) is 4. The molecular weight excluding hydrogens is 314 g/mol. The monoisotopic (exact) mass is 333 g/mol. The van der Waals surface area contributed by atoms with E-state index in [4.69, 9.17) is 14.3 Å². The Balaban J connectivity index is 1.38. The summed E-state index contributed by atoms with van der Waals surface area (Å²) >= 11 is 0. The van der Waals surface area contributed by atoms with E-state index in [1.165, 1.54) is 0 Å². The highest BCUT2D eigenvalue weighted by molar-refractivity contribution is 5.78. The zero-order valence-electron chi connectivity index (χ0n) is 13.7. The molecule has 0 fully saturated rings. The van der Waals surface area contributed by atoms with Crippen molar-refractivity contribution in [1.82, 2.24) is 0 Å². The van der Waals surface area contributed by atoms with Gasteiger partial charge in [0.05, 0.1) is 6.21 Å². The van der Waals surface area contributed by atoms with Crippen molar-refractivity contribution in [3.63, 3.8) is 0 Å². The number of nitrogens with zero attached hydrogens (tertiary/aromatic N) is 1. The molecule has 0 aromatic heterocycles.